The van der Waals surface area contributed by atoms with E-state index in [0.29, 0.717) is 54.0 Å². The van der Waals surface area contributed by atoms with Crippen LogP contribution in [0.4, 0.5) is 0 Å². The van der Waals surface area contributed by atoms with E-state index < -0.39 is 12.1 Å². The van der Waals surface area contributed by atoms with Crippen LogP contribution in [-0.2, 0) is 11.3 Å². The first-order chi connectivity index (χ1) is 19.5. The minimum atomic E-state index is -0.485. The molecule has 40 heavy (non-hydrogen) atoms. The van der Waals surface area contributed by atoms with Crippen molar-refractivity contribution in [3.8, 4) is 17.2 Å². The average Bonchev–Trinajstić information content (AvgIpc) is 3.74. The molecule has 206 valence electrons. The van der Waals surface area contributed by atoms with Gasteiger partial charge in [-0.15, -0.1) is 0 Å². The first-order valence-corrected chi connectivity index (χ1v) is 13.4. The van der Waals surface area contributed by atoms with Crippen molar-refractivity contribution in [3.63, 3.8) is 0 Å². The fourth-order valence-electron chi connectivity index (χ4n) is 4.76. The molecule has 7 rings (SSSR count). The van der Waals surface area contributed by atoms with Gasteiger partial charge in [0.2, 0.25) is 0 Å². The largest absolute Gasteiger partial charge is 0.493 e. The lowest BCUT2D eigenvalue weighted by molar-refractivity contribution is -0.123. The summed E-state index contributed by atoms with van der Waals surface area (Å²) < 4.78 is 18.0. The molecule has 0 spiro atoms. The van der Waals surface area contributed by atoms with Crippen LogP contribution >= 0.6 is 0 Å². The van der Waals surface area contributed by atoms with Gasteiger partial charge < -0.3 is 29.7 Å². The number of rotatable bonds is 4. The topological polar surface area (TPSA) is 119 Å². The minimum absolute atomic E-state index is 0.160. The first kappa shape index (κ1) is 25.7. The lowest BCUT2D eigenvalue weighted by Crippen LogP contribution is -2.45. The zero-order chi connectivity index (χ0) is 27.5. The van der Waals surface area contributed by atoms with Crippen molar-refractivity contribution in [1.82, 2.24) is 20.5 Å². The molecule has 1 saturated heterocycles. The van der Waals surface area contributed by atoms with E-state index in [1.165, 1.54) is 0 Å². The Balaban J connectivity index is 1.29. The normalized spacial score (nSPS) is 20.9. The lowest BCUT2D eigenvalue weighted by atomic mass is 10.1. The highest BCUT2D eigenvalue weighted by Crippen LogP contribution is 2.31. The minimum Gasteiger partial charge on any atom is -0.493 e. The van der Waals surface area contributed by atoms with E-state index >= 15 is 0 Å². The van der Waals surface area contributed by atoms with Gasteiger partial charge in [0.05, 0.1) is 19.2 Å². The third-order valence-corrected chi connectivity index (χ3v) is 7.19. The second-order valence-corrected chi connectivity index (χ2v) is 10.3. The Morgan fingerprint density at radius 2 is 1.80 bits per heavy atom. The Kier molecular flexibility index (Phi) is 7.22. The maximum Gasteiger partial charge on any atom is 0.258 e. The van der Waals surface area contributed by atoms with Gasteiger partial charge in [-0.3, -0.25) is 19.4 Å². The Labute approximate surface area is 231 Å². The highest BCUT2D eigenvalue weighted by molar-refractivity contribution is 5.96. The Morgan fingerprint density at radius 1 is 1.00 bits per heavy atom. The lowest BCUT2D eigenvalue weighted by Gasteiger charge is -2.21. The molecule has 2 N–H and O–H groups in total. The van der Waals surface area contributed by atoms with E-state index in [1.807, 2.05) is 24.3 Å². The standard InChI is InChI=1S/C30H30N4O6/c35-28-18-39-25-12-22(11-24(13-25)38-17-20-1-2-20)29(36)33-26-15-34(30(37)21-7-9-31-10-8-21)16-27(26)40-23-5-3-19(4-6-23)14-32-28/h3-13,20,26-27H,1-2,14-18H2,(H,32,35)(H,33,36)/t26-,27-/m0/s1. The van der Waals surface area contributed by atoms with Crippen LogP contribution in [0.5, 0.6) is 17.2 Å². The highest BCUT2D eigenvalue weighted by atomic mass is 16.5. The summed E-state index contributed by atoms with van der Waals surface area (Å²) in [5.74, 6) is 1.18. The van der Waals surface area contributed by atoms with Gasteiger partial charge in [-0.1, -0.05) is 12.1 Å². The molecule has 2 atom stereocenters. The number of pyridine rings is 1. The number of nitrogens with one attached hydrogen (secondary N) is 2. The molecule has 1 aromatic heterocycles. The van der Waals surface area contributed by atoms with Crippen molar-refractivity contribution >= 4 is 17.7 Å². The molecule has 4 aliphatic rings. The van der Waals surface area contributed by atoms with E-state index in [9.17, 15) is 14.4 Å². The van der Waals surface area contributed by atoms with Gasteiger partial charge in [-0.25, -0.2) is 0 Å². The quantitative estimate of drug-likeness (QED) is 0.520. The van der Waals surface area contributed by atoms with Crippen LogP contribution in [0.3, 0.4) is 0 Å². The third-order valence-electron chi connectivity index (χ3n) is 7.19. The van der Waals surface area contributed by atoms with Crippen molar-refractivity contribution in [2.24, 2.45) is 5.92 Å². The van der Waals surface area contributed by atoms with Crippen LogP contribution in [0, 0.1) is 5.92 Å². The van der Waals surface area contributed by atoms with Gasteiger partial charge in [0, 0.05) is 42.7 Å². The van der Waals surface area contributed by atoms with Crippen molar-refractivity contribution in [1.29, 1.82) is 0 Å². The highest BCUT2D eigenvalue weighted by Gasteiger charge is 2.38. The molecule has 3 aliphatic heterocycles. The number of amides is 3. The maximum atomic E-state index is 13.5. The number of carbonyl (C=O) groups excluding carboxylic acids is 3. The molecular weight excluding hydrogens is 512 g/mol. The Morgan fingerprint density at radius 3 is 2.58 bits per heavy atom. The summed E-state index contributed by atoms with van der Waals surface area (Å²) in [5.41, 5.74) is 1.74. The molecule has 0 unspecified atom stereocenters. The summed E-state index contributed by atoms with van der Waals surface area (Å²) in [5, 5.41) is 5.90. The fourth-order valence-corrected chi connectivity index (χ4v) is 4.76. The number of carbonyl (C=O) groups is 3. The number of fused-ring (bicyclic) bond motifs is 7. The zero-order valence-electron chi connectivity index (χ0n) is 21.9. The molecule has 4 bridgehead atoms. The predicted octanol–water partition coefficient (Wildman–Crippen LogP) is 2.58. The van der Waals surface area contributed by atoms with Crippen LogP contribution in [0.25, 0.3) is 0 Å². The summed E-state index contributed by atoms with van der Waals surface area (Å²) in [6.45, 7) is 1.26. The first-order valence-electron chi connectivity index (χ1n) is 13.4. The number of likely N-dealkylation sites (tertiary alicyclic amines) is 1. The zero-order valence-corrected chi connectivity index (χ0v) is 21.9. The molecule has 3 amide bonds. The van der Waals surface area contributed by atoms with E-state index in [0.717, 1.165) is 18.4 Å². The van der Waals surface area contributed by atoms with Gasteiger partial charge in [0.25, 0.3) is 17.7 Å². The molecule has 3 aromatic rings. The van der Waals surface area contributed by atoms with Gasteiger partial charge in [0.1, 0.15) is 23.4 Å². The smallest absolute Gasteiger partial charge is 0.258 e. The van der Waals surface area contributed by atoms with Crippen LogP contribution < -0.4 is 24.8 Å². The van der Waals surface area contributed by atoms with Gasteiger partial charge >= 0.3 is 0 Å². The maximum absolute atomic E-state index is 13.5. The summed E-state index contributed by atoms with van der Waals surface area (Å²) in [4.78, 5) is 44.8. The Bertz CT molecular complexity index is 1390. The average molecular weight is 543 g/mol. The number of benzene rings is 2. The summed E-state index contributed by atoms with van der Waals surface area (Å²) in [6.07, 6.45) is 4.92. The molecule has 4 heterocycles. The van der Waals surface area contributed by atoms with Crippen LogP contribution in [0.2, 0.25) is 0 Å². The van der Waals surface area contributed by atoms with Crippen LogP contribution in [0.1, 0.15) is 39.1 Å². The summed E-state index contributed by atoms with van der Waals surface area (Å²) in [7, 11) is 0. The van der Waals surface area contributed by atoms with Gasteiger partial charge in [0.15, 0.2) is 6.61 Å². The Hall–Kier alpha value is -4.60. The van der Waals surface area contributed by atoms with Crippen molar-refractivity contribution < 1.29 is 28.6 Å². The molecule has 1 aliphatic carbocycles. The number of hydrogen-bond donors (Lipinski definition) is 2. The molecule has 0 radical (unpaired) electrons. The monoisotopic (exact) mass is 542 g/mol. The number of hydrogen-bond acceptors (Lipinski definition) is 7. The van der Waals surface area contributed by atoms with Gasteiger partial charge in [-0.2, -0.15) is 0 Å². The number of nitrogens with zero attached hydrogens (tertiary/aromatic N) is 2. The van der Waals surface area contributed by atoms with Crippen molar-refractivity contribution in [2.45, 2.75) is 31.5 Å². The van der Waals surface area contributed by atoms with Crippen LogP contribution in [-0.4, -0.2) is 66.1 Å². The van der Waals surface area contributed by atoms with E-state index in [2.05, 4.69) is 15.6 Å². The van der Waals surface area contributed by atoms with Crippen LogP contribution in [0.15, 0.2) is 67.0 Å². The summed E-state index contributed by atoms with van der Waals surface area (Å²) >= 11 is 0. The molecule has 10 nitrogen and oxygen atoms in total. The SMILES string of the molecule is O=C1COc2cc(OCC3CC3)cc(c2)C(=O)N[C@H]2CN(C(=O)c3ccncc3)C[C@@H]2Oc2ccc(cc2)CN1. The third kappa shape index (κ3) is 6.17. The van der Waals surface area contributed by atoms with E-state index in [-0.39, 0.29) is 30.9 Å². The van der Waals surface area contributed by atoms with E-state index in [1.54, 1.807) is 47.6 Å². The molecule has 10 heteroatoms. The molecule has 2 fully saturated rings. The van der Waals surface area contributed by atoms with Gasteiger partial charge in [-0.05, 0) is 60.7 Å². The summed E-state index contributed by atoms with van der Waals surface area (Å²) in [6, 6.07) is 15.2. The fraction of sp³-hybridized carbons (Fsp3) is 0.333. The number of ether oxygens (including phenoxy) is 3. The molecule has 2 aromatic carbocycles. The van der Waals surface area contributed by atoms with Crippen molar-refractivity contribution in [3.05, 3.63) is 83.7 Å². The second kappa shape index (κ2) is 11.3. The van der Waals surface area contributed by atoms with Crippen molar-refractivity contribution in [2.75, 3.05) is 26.3 Å². The molecule has 1 saturated carbocycles. The number of aromatic nitrogens is 1. The van der Waals surface area contributed by atoms with E-state index in [4.69, 9.17) is 14.2 Å². The molecular formula is C30H30N4O6. The predicted molar refractivity (Wildman–Crippen MR) is 144 cm³/mol. The second-order valence-electron chi connectivity index (χ2n) is 10.3.